The van der Waals surface area contributed by atoms with E-state index in [9.17, 15) is 18.0 Å². The summed E-state index contributed by atoms with van der Waals surface area (Å²) in [6, 6.07) is 5.08. The molecule has 128 valence electrons. The lowest BCUT2D eigenvalue weighted by Crippen LogP contribution is -2.24. The van der Waals surface area contributed by atoms with E-state index in [1.54, 1.807) is 6.20 Å². The number of anilines is 1. The molecule has 1 fully saturated rings. The highest BCUT2D eigenvalue weighted by Gasteiger charge is 2.30. The van der Waals surface area contributed by atoms with Gasteiger partial charge in [0.25, 0.3) is 0 Å². The van der Waals surface area contributed by atoms with Gasteiger partial charge < -0.3 is 10.6 Å². The summed E-state index contributed by atoms with van der Waals surface area (Å²) in [5.41, 5.74) is 0.109. The molecular weight excluding hydrogens is 339 g/mol. The van der Waals surface area contributed by atoms with Gasteiger partial charge in [0.15, 0.2) is 5.13 Å². The lowest BCUT2D eigenvalue weighted by atomic mass is 10.1. The van der Waals surface area contributed by atoms with E-state index in [2.05, 4.69) is 15.6 Å². The van der Waals surface area contributed by atoms with Gasteiger partial charge in [-0.1, -0.05) is 12.1 Å². The van der Waals surface area contributed by atoms with Crippen molar-refractivity contribution in [2.24, 2.45) is 5.92 Å². The number of hydrogen-bond acceptors (Lipinski definition) is 4. The highest BCUT2D eigenvalue weighted by atomic mass is 32.1. The second-order valence-electron chi connectivity index (χ2n) is 5.68. The molecule has 0 bridgehead atoms. The Hall–Kier alpha value is -1.93. The maximum atomic E-state index is 12.5. The molecule has 1 aromatic carbocycles. The number of thiazole rings is 1. The predicted octanol–water partition coefficient (Wildman–Crippen LogP) is 3.30. The Morgan fingerprint density at radius 1 is 1.33 bits per heavy atom. The van der Waals surface area contributed by atoms with Gasteiger partial charge in [-0.15, -0.1) is 11.3 Å². The first-order valence-electron chi connectivity index (χ1n) is 7.54. The number of hydrogen-bond donors (Lipinski definition) is 2. The van der Waals surface area contributed by atoms with Crippen LogP contribution in [0.1, 0.15) is 22.4 Å². The molecule has 0 aliphatic carbocycles. The Labute approximate surface area is 141 Å². The van der Waals surface area contributed by atoms with E-state index in [-0.39, 0.29) is 11.8 Å². The smallest absolute Gasteiger partial charge is 0.316 e. The summed E-state index contributed by atoms with van der Waals surface area (Å²) in [5, 5.41) is 6.45. The number of alkyl halides is 3. The molecule has 24 heavy (non-hydrogen) atoms. The molecule has 1 atom stereocenters. The molecule has 8 heteroatoms. The number of rotatable bonds is 4. The van der Waals surface area contributed by atoms with Crippen LogP contribution in [0.3, 0.4) is 0 Å². The summed E-state index contributed by atoms with van der Waals surface area (Å²) in [6.07, 6.45) is -1.38. The maximum absolute atomic E-state index is 12.5. The fraction of sp³-hybridized carbons (Fsp3) is 0.375. The Morgan fingerprint density at radius 3 is 2.71 bits per heavy atom. The van der Waals surface area contributed by atoms with Crippen LogP contribution in [-0.4, -0.2) is 24.0 Å². The predicted molar refractivity (Wildman–Crippen MR) is 86.0 cm³/mol. The summed E-state index contributed by atoms with van der Waals surface area (Å²) < 4.78 is 37.6. The van der Waals surface area contributed by atoms with Crippen molar-refractivity contribution in [3.05, 3.63) is 46.5 Å². The second kappa shape index (κ2) is 6.90. The zero-order valence-corrected chi connectivity index (χ0v) is 13.5. The summed E-state index contributed by atoms with van der Waals surface area (Å²) in [4.78, 5) is 17.1. The molecule has 1 saturated heterocycles. The molecule has 0 saturated carbocycles. The number of carbonyl (C=O) groups excluding carboxylic acids is 1. The Balaban J connectivity index is 1.60. The fourth-order valence-corrected chi connectivity index (χ4v) is 3.40. The van der Waals surface area contributed by atoms with Crippen molar-refractivity contribution in [1.82, 2.24) is 10.3 Å². The van der Waals surface area contributed by atoms with Crippen LogP contribution in [0.25, 0.3) is 0 Å². The van der Waals surface area contributed by atoms with E-state index in [1.165, 1.54) is 23.5 Å². The quantitative estimate of drug-likeness (QED) is 0.885. The van der Waals surface area contributed by atoms with E-state index in [0.29, 0.717) is 18.1 Å². The number of nitrogens with zero attached hydrogens (tertiary/aromatic N) is 1. The third kappa shape index (κ3) is 4.12. The minimum absolute atomic E-state index is 0.0349. The molecule has 2 aromatic rings. The van der Waals surface area contributed by atoms with E-state index in [1.807, 2.05) is 0 Å². The average molecular weight is 355 g/mol. The van der Waals surface area contributed by atoms with Gasteiger partial charge in [0.1, 0.15) is 0 Å². The zero-order valence-electron chi connectivity index (χ0n) is 12.7. The van der Waals surface area contributed by atoms with Crippen molar-refractivity contribution in [2.75, 3.05) is 18.4 Å². The largest absolute Gasteiger partial charge is 0.416 e. The molecule has 1 aromatic heterocycles. The van der Waals surface area contributed by atoms with Crippen LogP contribution >= 0.6 is 11.3 Å². The Kier molecular flexibility index (Phi) is 4.86. The molecule has 0 spiro atoms. The van der Waals surface area contributed by atoms with Crippen LogP contribution in [0.4, 0.5) is 18.3 Å². The second-order valence-corrected chi connectivity index (χ2v) is 6.80. The first-order valence-corrected chi connectivity index (χ1v) is 8.36. The highest BCUT2D eigenvalue weighted by Crippen LogP contribution is 2.30. The van der Waals surface area contributed by atoms with Gasteiger partial charge in [-0.3, -0.25) is 4.79 Å². The first-order chi connectivity index (χ1) is 11.4. The summed E-state index contributed by atoms with van der Waals surface area (Å²) in [7, 11) is 0. The number of nitrogens with one attached hydrogen (secondary N) is 2. The van der Waals surface area contributed by atoms with E-state index in [4.69, 9.17) is 0 Å². The van der Waals surface area contributed by atoms with Gasteiger partial charge in [0.2, 0.25) is 5.91 Å². The van der Waals surface area contributed by atoms with Crippen molar-refractivity contribution in [3.8, 4) is 0 Å². The van der Waals surface area contributed by atoms with Gasteiger partial charge in [-0.25, -0.2) is 4.98 Å². The normalized spacial score (nSPS) is 17.9. The Morgan fingerprint density at radius 2 is 2.08 bits per heavy atom. The monoisotopic (exact) mass is 355 g/mol. The molecule has 0 unspecified atom stereocenters. The summed E-state index contributed by atoms with van der Waals surface area (Å²) in [5.74, 6) is -0.0808. The van der Waals surface area contributed by atoms with Crippen LogP contribution in [-0.2, 0) is 17.4 Å². The van der Waals surface area contributed by atoms with Crippen molar-refractivity contribution in [1.29, 1.82) is 0 Å². The fourth-order valence-electron chi connectivity index (χ4n) is 2.55. The van der Waals surface area contributed by atoms with Crippen molar-refractivity contribution < 1.29 is 18.0 Å². The van der Waals surface area contributed by atoms with Crippen LogP contribution in [0.15, 0.2) is 30.5 Å². The minimum atomic E-state index is -4.32. The average Bonchev–Trinajstić information content (AvgIpc) is 3.19. The lowest BCUT2D eigenvalue weighted by Gasteiger charge is -2.07. The molecule has 2 heterocycles. The molecular formula is C16H16F3N3OS. The van der Waals surface area contributed by atoms with Gasteiger partial charge >= 0.3 is 6.18 Å². The van der Waals surface area contributed by atoms with Crippen LogP contribution in [0.5, 0.6) is 0 Å². The van der Waals surface area contributed by atoms with Crippen molar-refractivity contribution >= 4 is 22.4 Å². The number of aromatic nitrogens is 1. The number of amides is 1. The van der Waals surface area contributed by atoms with Gasteiger partial charge in [-0.2, -0.15) is 13.2 Å². The highest BCUT2D eigenvalue weighted by molar-refractivity contribution is 7.15. The van der Waals surface area contributed by atoms with E-state index in [0.717, 1.165) is 35.5 Å². The minimum Gasteiger partial charge on any atom is -0.316 e. The van der Waals surface area contributed by atoms with Gasteiger partial charge in [0, 0.05) is 24.0 Å². The van der Waals surface area contributed by atoms with Gasteiger partial charge in [-0.05, 0) is 30.7 Å². The first kappa shape index (κ1) is 16.9. The number of benzene rings is 1. The van der Waals surface area contributed by atoms with Crippen LogP contribution < -0.4 is 10.6 Å². The van der Waals surface area contributed by atoms with Crippen molar-refractivity contribution in [3.63, 3.8) is 0 Å². The number of halogens is 3. The zero-order chi connectivity index (χ0) is 17.2. The molecule has 4 nitrogen and oxygen atoms in total. The Bertz CT molecular complexity index is 706. The molecule has 1 aliphatic heterocycles. The van der Waals surface area contributed by atoms with Gasteiger partial charge in [0.05, 0.1) is 11.5 Å². The maximum Gasteiger partial charge on any atom is 0.416 e. The van der Waals surface area contributed by atoms with E-state index < -0.39 is 11.7 Å². The van der Waals surface area contributed by atoms with Crippen LogP contribution in [0, 0.1) is 5.92 Å². The molecule has 2 N–H and O–H groups in total. The molecule has 1 amide bonds. The van der Waals surface area contributed by atoms with Crippen molar-refractivity contribution in [2.45, 2.75) is 19.0 Å². The SMILES string of the molecule is O=C(Nc1ncc(Cc2ccc(C(F)(F)F)cc2)s1)[C@H]1CCNC1. The van der Waals surface area contributed by atoms with E-state index >= 15 is 0 Å². The lowest BCUT2D eigenvalue weighted by molar-refractivity contribution is -0.137. The molecule has 1 aliphatic rings. The summed E-state index contributed by atoms with van der Waals surface area (Å²) >= 11 is 1.34. The third-order valence-corrected chi connectivity index (χ3v) is 4.79. The summed E-state index contributed by atoms with van der Waals surface area (Å²) in [6.45, 7) is 1.52. The molecule has 0 radical (unpaired) electrons. The number of carbonyl (C=O) groups is 1. The topological polar surface area (TPSA) is 54.0 Å². The molecule has 3 rings (SSSR count). The third-order valence-electron chi connectivity index (χ3n) is 3.87. The standard InChI is InChI=1S/C16H16F3N3OS/c17-16(18,19)12-3-1-10(2-4-12)7-13-9-21-15(24-13)22-14(23)11-5-6-20-8-11/h1-4,9,11,20H,5-8H2,(H,21,22,23)/t11-/m0/s1. The van der Waals surface area contributed by atoms with Crippen LogP contribution in [0.2, 0.25) is 0 Å².